The van der Waals surface area contributed by atoms with Gasteiger partial charge in [-0.1, -0.05) is 24.3 Å². The molecule has 1 aliphatic heterocycles. The number of hydrogen-bond donors (Lipinski definition) is 0. The molecule has 126 valence electrons. The van der Waals surface area contributed by atoms with Gasteiger partial charge in [0.15, 0.2) is 0 Å². The predicted octanol–water partition coefficient (Wildman–Crippen LogP) is 3.33. The summed E-state index contributed by atoms with van der Waals surface area (Å²) < 4.78 is 5.46. The molecule has 1 fully saturated rings. The zero-order valence-corrected chi connectivity index (χ0v) is 14.6. The number of fused-ring (bicyclic) bond motifs is 1. The van der Waals surface area contributed by atoms with E-state index in [4.69, 9.17) is 9.72 Å². The van der Waals surface area contributed by atoms with Crippen LogP contribution >= 0.6 is 0 Å². The van der Waals surface area contributed by atoms with Gasteiger partial charge in [0.1, 0.15) is 5.82 Å². The molecule has 2 aromatic rings. The number of benzene rings is 1. The molecule has 24 heavy (non-hydrogen) atoms. The lowest BCUT2D eigenvalue weighted by molar-refractivity contribution is 0.0198. The Hall–Kier alpha value is -1.78. The van der Waals surface area contributed by atoms with Crippen LogP contribution in [0.4, 0.5) is 0 Å². The maximum absolute atomic E-state index is 5.46. The van der Waals surface area contributed by atoms with Gasteiger partial charge in [-0.3, -0.25) is 4.90 Å². The minimum Gasteiger partial charge on any atom is -0.379 e. The van der Waals surface area contributed by atoms with E-state index in [1.165, 1.54) is 28.8 Å². The average molecular weight is 323 g/mol. The van der Waals surface area contributed by atoms with Crippen molar-refractivity contribution in [2.24, 2.45) is 0 Å². The fraction of sp³-hybridized carbons (Fsp3) is 0.500. The first-order valence-electron chi connectivity index (χ1n) is 9.01. The Bertz CT molecular complexity index is 720. The second kappa shape index (κ2) is 6.61. The first-order valence-corrected chi connectivity index (χ1v) is 9.01. The molecule has 1 atom stereocenters. The summed E-state index contributed by atoms with van der Waals surface area (Å²) >= 11 is 0. The van der Waals surface area contributed by atoms with Crippen molar-refractivity contribution >= 4 is 0 Å². The highest BCUT2D eigenvalue weighted by molar-refractivity contribution is 5.65. The molecule has 1 saturated heterocycles. The van der Waals surface area contributed by atoms with Gasteiger partial charge in [0.05, 0.1) is 18.9 Å². The molecule has 4 rings (SSSR count). The van der Waals surface area contributed by atoms with E-state index in [0.717, 1.165) is 50.7 Å². The van der Waals surface area contributed by atoms with Crippen LogP contribution in [0.15, 0.2) is 24.3 Å². The molecule has 0 radical (unpaired) electrons. The molecule has 0 spiro atoms. The van der Waals surface area contributed by atoms with Crippen molar-refractivity contribution in [1.82, 2.24) is 14.9 Å². The van der Waals surface area contributed by atoms with Crippen LogP contribution in [0.25, 0.3) is 11.3 Å². The Kier molecular flexibility index (Phi) is 4.33. The second-order valence-electron chi connectivity index (χ2n) is 6.84. The standard InChI is InChI=1S/C20H25N3O/c1-14(23-10-12-24-13-11-23)16-6-8-17(9-7-16)20-18-4-3-5-19(18)21-15(2)22-20/h6-9,14H,3-5,10-13H2,1-2H3/t14-/m0/s1. The van der Waals surface area contributed by atoms with Crippen molar-refractivity contribution < 1.29 is 4.74 Å². The maximum atomic E-state index is 5.46. The molecule has 1 aromatic carbocycles. The second-order valence-corrected chi connectivity index (χ2v) is 6.84. The highest BCUT2D eigenvalue weighted by Gasteiger charge is 2.21. The van der Waals surface area contributed by atoms with Crippen molar-refractivity contribution in [2.75, 3.05) is 26.3 Å². The molecule has 0 amide bonds. The van der Waals surface area contributed by atoms with E-state index < -0.39 is 0 Å². The largest absolute Gasteiger partial charge is 0.379 e. The SMILES string of the molecule is Cc1nc2c(c(-c3ccc([C@H](C)N4CCOCC4)cc3)n1)CCC2. The molecule has 0 unspecified atom stereocenters. The Balaban J connectivity index is 1.60. The fourth-order valence-corrected chi connectivity index (χ4v) is 3.89. The van der Waals surface area contributed by atoms with Crippen LogP contribution in [0.3, 0.4) is 0 Å². The first kappa shape index (κ1) is 15.7. The number of morpholine rings is 1. The van der Waals surface area contributed by atoms with Crippen LogP contribution in [0.5, 0.6) is 0 Å². The van der Waals surface area contributed by atoms with Crippen molar-refractivity contribution in [3.05, 3.63) is 46.9 Å². The predicted molar refractivity (Wildman–Crippen MR) is 95.0 cm³/mol. The molecular formula is C20H25N3O. The molecule has 0 N–H and O–H groups in total. The molecule has 4 nitrogen and oxygen atoms in total. The lowest BCUT2D eigenvalue weighted by atomic mass is 10.0. The molecule has 0 bridgehead atoms. The number of hydrogen-bond acceptors (Lipinski definition) is 4. The lowest BCUT2D eigenvalue weighted by Crippen LogP contribution is -2.37. The van der Waals surface area contributed by atoms with Gasteiger partial charge in [-0.15, -0.1) is 0 Å². The smallest absolute Gasteiger partial charge is 0.126 e. The third kappa shape index (κ3) is 2.96. The van der Waals surface area contributed by atoms with E-state index in [2.05, 4.69) is 41.1 Å². The molecule has 4 heteroatoms. The third-order valence-electron chi connectivity index (χ3n) is 5.30. The van der Waals surface area contributed by atoms with Gasteiger partial charge in [-0.25, -0.2) is 9.97 Å². The van der Waals surface area contributed by atoms with E-state index in [1.54, 1.807) is 0 Å². The molecule has 1 aliphatic carbocycles. The molecule has 1 aromatic heterocycles. The number of aryl methyl sites for hydroxylation is 2. The summed E-state index contributed by atoms with van der Waals surface area (Å²) in [5.74, 6) is 0.886. The Morgan fingerprint density at radius 3 is 2.54 bits per heavy atom. The summed E-state index contributed by atoms with van der Waals surface area (Å²) in [6.07, 6.45) is 3.40. The summed E-state index contributed by atoms with van der Waals surface area (Å²) in [5.41, 5.74) is 6.33. The monoisotopic (exact) mass is 323 g/mol. The van der Waals surface area contributed by atoms with Gasteiger partial charge < -0.3 is 4.74 Å². The van der Waals surface area contributed by atoms with Crippen LogP contribution in [-0.2, 0) is 17.6 Å². The van der Waals surface area contributed by atoms with E-state index in [0.29, 0.717) is 6.04 Å². The summed E-state index contributed by atoms with van der Waals surface area (Å²) in [5, 5.41) is 0. The van der Waals surface area contributed by atoms with Gasteiger partial charge in [-0.05, 0) is 38.7 Å². The zero-order valence-electron chi connectivity index (χ0n) is 14.6. The third-order valence-corrected chi connectivity index (χ3v) is 5.30. The summed E-state index contributed by atoms with van der Waals surface area (Å²) in [4.78, 5) is 11.8. The Morgan fingerprint density at radius 2 is 1.79 bits per heavy atom. The average Bonchev–Trinajstić information content (AvgIpc) is 3.09. The normalized spacial score (nSPS) is 19.2. The number of rotatable bonds is 3. The molecular weight excluding hydrogens is 298 g/mol. The zero-order chi connectivity index (χ0) is 16.5. The van der Waals surface area contributed by atoms with E-state index >= 15 is 0 Å². The Morgan fingerprint density at radius 1 is 1.04 bits per heavy atom. The molecule has 2 heterocycles. The minimum absolute atomic E-state index is 0.431. The van der Waals surface area contributed by atoms with Crippen LogP contribution in [0.1, 0.15) is 42.0 Å². The lowest BCUT2D eigenvalue weighted by Gasteiger charge is -2.32. The van der Waals surface area contributed by atoms with Crippen molar-refractivity contribution in [3.63, 3.8) is 0 Å². The van der Waals surface area contributed by atoms with Crippen molar-refractivity contribution in [3.8, 4) is 11.3 Å². The topological polar surface area (TPSA) is 38.2 Å². The van der Waals surface area contributed by atoms with Gasteiger partial charge in [0.25, 0.3) is 0 Å². The van der Waals surface area contributed by atoms with E-state index in [1.807, 2.05) is 6.92 Å². The van der Waals surface area contributed by atoms with E-state index in [9.17, 15) is 0 Å². The van der Waals surface area contributed by atoms with Crippen molar-refractivity contribution in [2.45, 2.75) is 39.2 Å². The van der Waals surface area contributed by atoms with Crippen molar-refractivity contribution in [1.29, 1.82) is 0 Å². The van der Waals surface area contributed by atoms with Crippen LogP contribution in [-0.4, -0.2) is 41.2 Å². The van der Waals surface area contributed by atoms with Crippen LogP contribution in [0, 0.1) is 6.92 Å². The number of nitrogens with zero attached hydrogens (tertiary/aromatic N) is 3. The van der Waals surface area contributed by atoms with Gasteiger partial charge in [0, 0.05) is 36.0 Å². The van der Waals surface area contributed by atoms with Crippen LogP contribution < -0.4 is 0 Å². The number of aromatic nitrogens is 2. The van der Waals surface area contributed by atoms with Gasteiger partial charge in [-0.2, -0.15) is 0 Å². The van der Waals surface area contributed by atoms with Gasteiger partial charge >= 0.3 is 0 Å². The summed E-state index contributed by atoms with van der Waals surface area (Å²) in [6, 6.07) is 9.41. The maximum Gasteiger partial charge on any atom is 0.126 e. The highest BCUT2D eigenvalue weighted by atomic mass is 16.5. The minimum atomic E-state index is 0.431. The summed E-state index contributed by atoms with van der Waals surface area (Å²) in [7, 11) is 0. The molecule has 0 saturated carbocycles. The van der Waals surface area contributed by atoms with E-state index in [-0.39, 0.29) is 0 Å². The van der Waals surface area contributed by atoms with Crippen LogP contribution in [0.2, 0.25) is 0 Å². The summed E-state index contributed by atoms with van der Waals surface area (Å²) in [6.45, 7) is 8.00. The fourth-order valence-electron chi connectivity index (χ4n) is 3.89. The first-order chi connectivity index (χ1) is 11.7. The highest BCUT2D eigenvalue weighted by Crippen LogP contribution is 2.31. The molecule has 2 aliphatic rings. The number of ether oxygens (including phenoxy) is 1. The quantitative estimate of drug-likeness (QED) is 0.868. The Labute approximate surface area is 143 Å². The van der Waals surface area contributed by atoms with Gasteiger partial charge in [0.2, 0.25) is 0 Å².